The Morgan fingerprint density at radius 2 is 2.07 bits per heavy atom. The number of hydrogen-bond acceptors (Lipinski definition) is 3. The number of nitrogens with zero attached hydrogens (tertiary/aromatic N) is 2. The molecule has 0 bridgehead atoms. The van der Waals surface area contributed by atoms with E-state index in [1.165, 1.54) is 5.69 Å². The summed E-state index contributed by atoms with van der Waals surface area (Å²) >= 11 is 0. The van der Waals surface area contributed by atoms with E-state index in [4.69, 9.17) is 11.7 Å². The number of fused-ring (bicyclic) bond motifs is 1. The Bertz CT molecular complexity index is 444. The first-order valence-corrected chi connectivity index (χ1v) is 4.62. The van der Waals surface area contributed by atoms with Crippen molar-refractivity contribution in [3.63, 3.8) is 0 Å². The van der Waals surface area contributed by atoms with Gasteiger partial charge in [-0.3, -0.25) is 0 Å². The van der Waals surface area contributed by atoms with Crippen LogP contribution in [0.1, 0.15) is 12.6 Å². The minimum atomic E-state index is 0.834. The molecule has 0 amide bonds. The molecule has 0 radical (unpaired) electrons. The van der Waals surface area contributed by atoms with Crippen LogP contribution in [0.3, 0.4) is 0 Å². The van der Waals surface area contributed by atoms with Crippen LogP contribution in [0.2, 0.25) is 0 Å². The van der Waals surface area contributed by atoms with Crippen LogP contribution in [-0.4, -0.2) is 4.40 Å². The molecule has 0 fully saturated rings. The minimum Gasteiger partial charge on any atom is -0.319 e. The Labute approximate surface area is 82.7 Å². The van der Waals surface area contributed by atoms with Gasteiger partial charge in [-0.2, -0.15) is 0 Å². The molecular weight excluding hydrogens is 176 g/mol. The SMILES string of the molecule is CCc1cccc2c(N(N)N)ccn12. The lowest BCUT2D eigenvalue weighted by Gasteiger charge is -2.10. The number of pyridine rings is 1. The third-order valence-electron chi connectivity index (χ3n) is 2.40. The fourth-order valence-corrected chi connectivity index (χ4v) is 1.69. The predicted octanol–water partition coefficient (Wildman–Crippen LogP) is 1.06. The minimum absolute atomic E-state index is 0.834. The summed E-state index contributed by atoms with van der Waals surface area (Å²) in [5.74, 6) is 11.0. The zero-order chi connectivity index (χ0) is 10.1. The van der Waals surface area contributed by atoms with E-state index >= 15 is 0 Å². The van der Waals surface area contributed by atoms with Crippen molar-refractivity contribution in [3.05, 3.63) is 36.2 Å². The molecule has 74 valence electrons. The summed E-state index contributed by atoms with van der Waals surface area (Å²) in [6, 6.07) is 8.02. The van der Waals surface area contributed by atoms with E-state index in [9.17, 15) is 0 Å². The van der Waals surface area contributed by atoms with Crippen molar-refractivity contribution in [2.24, 2.45) is 11.7 Å². The fourth-order valence-electron chi connectivity index (χ4n) is 1.69. The van der Waals surface area contributed by atoms with Gasteiger partial charge >= 0.3 is 0 Å². The molecule has 14 heavy (non-hydrogen) atoms. The molecule has 2 aromatic rings. The molecule has 2 heterocycles. The molecule has 2 rings (SSSR count). The van der Waals surface area contributed by atoms with Crippen LogP contribution in [0, 0.1) is 0 Å². The molecule has 4 N–H and O–H groups in total. The van der Waals surface area contributed by atoms with E-state index in [1.807, 2.05) is 24.4 Å². The van der Waals surface area contributed by atoms with Gasteiger partial charge in [-0.1, -0.05) is 13.0 Å². The van der Waals surface area contributed by atoms with Crippen molar-refractivity contribution in [1.29, 1.82) is 0 Å². The maximum Gasteiger partial charge on any atom is 0.0951 e. The largest absolute Gasteiger partial charge is 0.319 e. The van der Waals surface area contributed by atoms with Crippen LogP contribution in [-0.2, 0) is 6.42 Å². The zero-order valence-electron chi connectivity index (χ0n) is 8.14. The van der Waals surface area contributed by atoms with Crippen molar-refractivity contribution in [1.82, 2.24) is 4.40 Å². The Morgan fingerprint density at radius 1 is 1.29 bits per heavy atom. The number of hydrogen-bond donors (Lipinski definition) is 2. The molecule has 0 atom stereocenters. The third-order valence-corrected chi connectivity index (χ3v) is 2.40. The quantitative estimate of drug-likeness (QED) is 0.550. The summed E-state index contributed by atoms with van der Waals surface area (Å²) in [7, 11) is 0. The normalized spacial score (nSPS) is 10.8. The monoisotopic (exact) mass is 190 g/mol. The molecular formula is C10H14N4. The molecule has 2 aromatic heterocycles. The van der Waals surface area contributed by atoms with Gasteiger partial charge in [0, 0.05) is 11.9 Å². The van der Waals surface area contributed by atoms with Gasteiger partial charge in [-0.15, -0.1) is 0 Å². The highest BCUT2D eigenvalue weighted by Gasteiger charge is 2.06. The molecule has 0 aromatic carbocycles. The van der Waals surface area contributed by atoms with Crippen molar-refractivity contribution >= 4 is 11.2 Å². The van der Waals surface area contributed by atoms with Crippen molar-refractivity contribution in [2.45, 2.75) is 13.3 Å². The second-order valence-electron chi connectivity index (χ2n) is 3.23. The molecule has 0 spiro atoms. The summed E-state index contributed by atoms with van der Waals surface area (Å²) in [5.41, 5.74) is 3.12. The summed E-state index contributed by atoms with van der Waals surface area (Å²) in [5, 5.41) is 1.15. The second-order valence-corrected chi connectivity index (χ2v) is 3.23. The van der Waals surface area contributed by atoms with Crippen LogP contribution >= 0.6 is 0 Å². The van der Waals surface area contributed by atoms with Crippen LogP contribution in [0.5, 0.6) is 0 Å². The smallest absolute Gasteiger partial charge is 0.0951 e. The number of aryl methyl sites for hydroxylation is 1. The first-order valence-electron chi connectivity index (χ1n) is 4.62. The molecule has 0 saturated heterocycles. The Kier molecular flexibility index (Phi) is 2.15. The standard InChI is InChI=1S/C10H14N4/c1-2-8-4-3-5-9-10(14(11)12)6-7-13(8)9/h3-7H,2,11-12H2,1H3. The lowest BCUT2D eigenvalue weighted by atomic mass is 10.2. The fraction of sp³-hybridized carbons (Fsp3) is 0.200. The first-order chi connectivity index (χ1) is 6.74. The van der Waals surface area contributed by atoms with Gasteiger partial charge in [0.15, 0.2) is 0 Å². The van der Waals surface area contributed by atoms with Crippen molar-refractivity contribution in [3.8, 4) is 0 Å². The van der Waals surface area contributed by atoms with Crippen molar-refractivity contribution in [2.75, 3.05) is 5.12 Å². The number of rotatable bonds is 2. The molecule has 4 nitrogen and oxygen atoms in total. The van der Waals surface area contributed by atoms with Crippen molar-refractivity contribution < 1.29 is 0 Å². The van der Waals surface area contributed by atoms with Gasteiger partial charge in [-0.25, -0.2) is 16.8 Å². The number of aromatic nitrogens is 1. The molecule has 0 aliphatic rings. The average Bonchev–Trinajstić information content (AvgIpc) is 2.60. The summed E-state index contributed by atoms with van der Waals surface area (Å²) in [6.07, 6.45) is 2.97. The summed E-state index contributed by atoms with van der Waals surface area (Å²) in [6.45, 7) is 2.12. The molecule has 0 saturated carbocycles. The van der Waals surface area contributed by atoms with Crippen LogP contribution in [0.25, 0.3) is 5.52 Å². The van der Waals surface area contributed by atoms with E-state index in [0.29, 0.717) is 0 Å². The van der Waals surface area contributed by atoms with Crippen LogP contribution in [0.15, 0.2) is 30.5 Å². The van der Waals surface area contributed by atoms with E-state index in [1.54, 1.807) is 0 Å². The maximum atomic E-state index is 5.51. The lowest BCUT2D eigenvalue weighted by molar-refractivity contribution is 0.928. The highest BCUT2D eigenvalue weighted by Crippen LogP contribution is 2.20. The van der Waals surface area contributed by atoms with Crippen LogP contribution < -0.4 is 16.8 Å². The van der Waals surface area contributed by atoms with E-state index in [0.717, 1.165) is 22.7 Å². The second kappa shape index (κ2) is 3.32. The molecule has 0 aliphatic carbocycles. The Morgan fingerprint density at radius 3 is 2.71 bits per heavy atom. The Balaban J connectivity index is 2.69. The summed E-state index contributed by atoms with van der Waals surface area (Å²) < 4.78 is 2.10. The molecule has 0 unspecified atom stereocenters. The Hall–Kier alpha value is -1.52. The first kappa shape index (κ1) is 9.05. The van der Waals surface area contributed by atoms with E-state index in [-0.39, 0.29) is 0 Å². The number of nitrogens with two attached hydrogens (primary N) is 2. The topological polar surface area (TPSA) is 59.7 Å². The zero-order valence-corrected chi connectivity index (χ0v) is 8.14. The number of hydrazine groups is 2. The molecule has 0 aliphatic heterocycles. The summed E-state index contributed by atoms with van der Waals surface area (Å²) in [4.78, 5) is 0. The average molecular weight is 190 g/mol. The highest BCUT2D eigenvalue weighted by molar-refractivity contribution is 5.73. The van der Waals surface area contributed by atoms with Crippen LogP contribution in [0.4, 0.5) is 5.69 Å². The van der Waals surface area contributed by atoms with Gasteiger partial charge in [0.2, 0.25) is 0 Å². The van der Waals surface area contributed by atoms with E-state index in [2.05, 4.69) is 17.4 Å². The maximum absolute atomic E-state index is 5.51. The van der Waals surface area contributed by atoms with Gasteiger partial charge in [0.1, 0.15) is 0 Å². The highest BCUT2D eigenvalue weighted by atomic mass is 15.6. The van der Waals surface area contributed by atoms with E-state index < -0.39 is 0 Å². The van der Waals surface area contributed by atoms with Gasteiger partial charge < -0.3 is 4.40 Å². The molecule has 4 heteroatoms. The lowest BCUT2D eigenvalue weighted by Crippen LogP contribution is -2.37. The predicted molar refractivity (Wildman–Crippen MR) is 57.6 cm³/mol. The van der Waals surface area contributed by atoms with Gasteiger partial charge in [0.25, 0.3) is 0 Å². The van der Waals surface area contributed by atoms with Gasteiger partial charge in [0.05, 0.1) is 11.2 Å². The third kappa shape index (κ3) is 1.25. The van der Waals surface area contributed by atoms with Gasteiger partial charge in [-0.05, 0) is 24.6 Å². The number of anilines is 1.